The lowest BCUT2D eigenvalue weighted by molar-refractivity contribution is 0.106. The highest BCUT2D eigenvalue weighted by molar-refractivity contribution is 6.55. The predicted octanol–water partition coefficient (Wildman–Crippen LogP) is 5.51. The van der Waals surface area contributed by atoms with E-state index >= 15 is 0 Å². The number of benzene rings is 1. The van der Waals surface area contributed by atoms with E-state index in [1.54, 1.807) is 6.26 Å². The fourth-order valence-corrected chi connectivity index (χ4v) is 4.43. The number of aryl methyl sites for hydroxylation is 1. The number of ketones is 1. The molecule has 2 aliphatic carbocycles. The van der Waals surface area contributed by atoms with Gasteiger partial charge >= 0.3 is 0 Å². The highest BCUT2D eigenvalue weighted by Gasteiger charge is 2.38. The van der Waals surface area contributed by atoms with Crippen LogP contribution in [0.15, 0.2) is 27.8 Å². The van der Waals surface area contributed by atoms with Crippen molar-refractivity contribution in [3.63, 3.8) is 0 Å². The van der Waals surface area contributed by atoms with Crippen molar-refractivity contribution >= 4 is 11.5 Å². The van der Waals surface area contributed by atoms with E-state index in [-0.39, 0.29) is 11.2 Å². The number of hydrogen-bond donors (Lipinski definition) is 0. The molecule has 0 N–H and O–H groups in total. The van der Waals surface area contributed by atoms with Crippen LogP contribution >= 0.6 is 0 Å². The summed E-state index contributed by atoms with van der Waals surface area (Å²) >= 11 is 0. The van der Waals surface area contributed by atoms with E-state index in [0.717, 1.165) is 47.3 Å². The Kier molecular flexibility index (Phi) is 3.94. The first-order chi connectivity index (χ1) is 12.3. The molecule has 0 unspecified atom stereocenters. The molecule has 3 nitrogen and oxygen atoms in total. The van der Waals surface area contributed by atoms with Gasteiger partial charge in [0, 0.05) is 17.7 Å². The highest BCUT2D eigenvalue weighted by Crippen LogP contribution is 2.44. The fourth-order valence-electron chi connectivity index (χ4n) is 4.43. The molecule has 1 heterocycles. The minimum Gasteiger partial charge on any atom is -0.463 e. The van der Waals surface area contributed by atoms with Gasteiger partial charge in [-0.1, -0.05) is 39.8 Å². The van der Waals surface area contributed by atoms with Crippen molar-refractivity contribution in [1.29, 1.82) is 0 Å². The van der Waals surface area contributed by atoms with Gasteiger partial charge in [0.05, 0.1) is 11.8 Å². The summed E-state index contributed by atoms with van der Waals surface area (Å²) in [5, 5.41) is 0. The molecule has 0 spiro atoms. The van der Waals surface area contributed by atoms with E-state index in [2.05, 4.69) is 39.8 Å². The van der Waals surface area contributed by atoms with Crippen LogP contribution in [0.2, 0.25) is 0 Å². The molecule has 2 aromatic rings. The molecular weight excluding hydrogens is 322 g/mol. The summed E-state index contributed by atoms with van der Waals surface area (Å²) < 4.78 is 5.91. The van der Waals surface area contributed by atoms with Gasteiger partial charge in [-0.25, -0.2) is 0 Å². The average Bonchev–Trinajstić information content (AvgIpc) is 2.95. The molecule has 0 aliphatic heterocycles. The Bertz CT molecular complexity index is 928. The molecule has 0 atom stereocenters. The second-order valence-electron chi connectivity index (χ2n) is 8.79. The van der Waals surface area contributed by atoms with Gasteiger partial charge in [0.2, 0.25) is 5.78 Å². The lowest BCUT2D eigenvalue weighted by atomic mass is 9.69. The molecule has 1 aromatic carbocycles. The summed E-state index contributed by atoms with van der Waals surface area (Å²) in [6.45, 7) is 11.5. The first kappa shape index (κ1) is 17.3. The van der Waals surface area contributed by atoms with Crippen molar-refractivity contribution in [1.82, 2.24) is 0 Å². The minimum atomic E-state index is 0.0761. The van der Waals surface area contributed by atoms with Crippen molar-refractivity contribution in [2.24, 2.45) is 10.9 Å². The van der Waals surface area contributed by atoms with E-state index in [1.165, 1.54) is 11.1 Å². The monoisotopic (exact) mass is 349 g/mol. The van der Waals surface area contributed by atoms with Crippen LogP contribution in [0.5, 0.6) is 0 Å². The average molecular weight is 349 g/mol. The topological polar surface area (TPSA) is 42.6 Å². The predicted molar refractivity (Wildman–Crippen MR) is 105 cm³/mol. The van der Waals surface area contributed by atoms with Gasteiger partial charge in [-0.05, 0) is 54.2 Å². The van der Waals surface area contributed by atoms with Crippen LogP contribution in [0.4, 0.5) is 0 Å². The number of furan rings is 1. The first-order valence-electron chi connectivity index (χ1n) is 9.65. The Morgan fingerprint density at radius 2 is 2.00 bits per heavy atom. The van der Waals surface area contributed by atoms with Crippen LogP contribution in [0.3, 0.4) is 0 Å². The molecule has 4 rings (SSSR count). The number of rotatable bonds is 2. The molecule has 0 amide bonds. The van der Waals surface area contributed by atoms with Crippen molar-refractivity contribution < 1.29 is 9.21 Å². The normalized spacial score (nSPS) is 19.5. The number of nitrogens with zero attached hydrogens (tertiary/aromatic N) is 1. The zero-order valence-corrected chi connectivity index (χ0v) is 16.4. The standard InChI is InChI=1S/C23H27NO2/c1-13(2)11-24-20-18-14(3)12-26-22(18)16-8-9-17-15(19(16)21(20)25)7-6-10-23(17,4)5/h8-9,12-13H,6-7,10-11H2,1-5H3. The van der Waals surface area contributed by atoms with Crippen molar-refractivity contribution in [2.45, 2.75) is 59.3 Å². The Morgan fingerprint density at radius 3 is 2.73 bits per heavy atom. The van der Waals surface area contributed by atoms with E-state index in [4.69, 9.17) is 9.41 Å². The maximum absolute atomic E-state index is 13.6. The van der Waals surface area contributed by atoms with Crippen LogP contribution in [0.25, 0.3) is 11.3 Å². The van der Waals surface area contributed by atoms with E-state index < -0.39 is 0 Å². The quantitative estimate of drug-likeness (QED) is 0.717. The molecule has 3 heteroatoms. The number of fused-ring (bicyclic) bond motifs is 5. The molecular formula is C23H27NO2. The van der Waals surface area contributed by atoms with Crippen LogP contribution in [-0.4, -0.2) is 18.0 Å². The van der Waals surface area contributed by atoms with Gasteiger partial charge < -0.3 is 4.42 Å². The Hall–Kier alpha value is -2.16. The summed E-state index contributed by atoms with van der Waals surface area (Å²) in [7, 11) is 0. The lowest BCUT2D eigenvalue weighted by Gasteiger charge is -2.35. The summed E-state index contributed by atoms with van der Waals surface area (Å²) in [5.74, 6) is 1.30. The smallest absolute Gasteiger partial charge is 0.212 e. The molecule has 0 saturated heterocycles. The largest absolute Gasteiger partial charge is 0.463 e. The molecule has 0 bridgehead atoms. The van der Waals surface area contributed by atoms with E-state index in [9.17, 15) is 4.79 Å². The van der Waals surface area contributed by atoms with Gasteiger partial charge in [-0.3, -0.25) is 9.79 Å². The van der Waals surface area contributed by atoms with Gasteiger partial charge in [0.1, 0.15) is 11.5 Å². The minimum absolute atomic E-state index is 0.0761. The zero-order valence-electron chi connectivity index (χ0n) is 16.4. The fraction of sp³-hybridized carbons (Fsp3) is 0.478. The van der Waals surface area contributed by atoms with Gasteiger partial charge in [-0.2, -0.15) is 0 Å². The third-order valence-electron chi connectivity index (χ3n) is 5.78. The second kappa shape index (κ2) is 5.94. The lowest BCUT2D eigenvalue weighted by Crippen LogP contribution is -2.30. The number of aliphatic imine (C=N–C) groups is 1. The molecule has 0 saturated carbocycles. The van der Waals surface area contributed by atoms with Gasteiger partial charge in [0.25, 0.3) is 0 Å². The molecule has 0 fully saturated rings. The van der Waals surface area contributed by atoms with Crippen LogP contribution in [0.1, 0.15) is 73.1 Å². The molecule has 0 radical (unpaired) electrons. The Balaban J connectivity index is 1.99. The number of carbonyl (C=O) groups excluding carboxylic acids is 1. The third-order valence-corrected chi connectivity index (χ3v) is 5.78. The van der Waals surface area contributed by atoms with Crippen LogP contribution < -0.4 is 0 Å². The van der Waals surface area contributed by atoms with Crippen molar-refractivity contribution in [2.75, 3.05) is 6.54 Å². The summed E-state index contributed by atoms with van der Waals surface area (Å²) in [6.07, 6.45) is 4.99. The Morgan fingerprint density at radius 1 is 1.23 bits per heavy atom. The third kappa shape index (κ3) is 2.48. The molecule has 1 aromatic heterocycles. The summed E-state index contributed by atoms with van der Waals surface area (Å²) in [4.78, 5) is 18.3. The second-order valence-corrected chi connectivity index (χ2v) is 8.79. The first-order valence-corrected chi connectivity index (χ1v) is 9.65. The SMILES string of the molecule is Cc1coc2c1C(=NCC(C)C)C(=O)c1c-2ccc2c1CCCC2(C)C. The number of Topliss-reactive ketones (excluding diaryl/α,β-unsaturated/α-hetero) is 1. The zero-order chi connectivity index (χ0) is 18.6. The Labute approximate surface area is 155 Å². The van der Waals surface area contributed by atoms with Crippen molar-refractivity contribution in [3.05, 3.63) is 46.2 Å². The van der Waals surface area contributed by atoms with E-state index in [1.807, 2.05) is 6.92 Å². The maximum Gasteiger partial charge on any atom is 0.212 e. The van der Waals surface area contributed by atoms with Gasteiger partial charge in [0.15, 0.2) is 0 Å². The number of hydrogen-bond acceptors (Lipinski definition) is 3. The van der Waals surface area contributed by atoms with E-state index in [0.29, 0.717) is 18.2 Å². The van der Waals surface area contributed by atoms with Crippen LogP contribution in [-0.2, 0) is 11.8 Å². The molecule has 2 aliphatic rings. The van der Waals surface area contributed by atoms with Crippen LogP contribution in [0, 0.1) is 12.8 Å². The summed E-state index contributed by atoms with van der Waals surface area (Å²) in [6, 6.07) is 4.29. The van der Waals surface area contributed by atoms with Crippen molar-refractivity contribution in [3.8, 4) is 11.3 Å². The number of carbonyl (C=O) groups is 1. The summed E-state index contributed by atoms with van der Waals surface area (Å²) in [5.41, 5.74) is 6.86. The maximum atomic E-state index is 13.6. The molecule has 136 valence electrons. The highest BCUT2D eigenvalue weighted by atomic mass is 16.3. The van der Waals surface area contributed by atoms with Gasteiger partial charge in [-0.15, -0.1) is 0 Å². The molecule has 26 heavy (non-hydrogen) atoms.